The van der Waals surface area contributed by atoms with E-state index in [9.17, 15) is 13.2 Å². The largest absolute Gasteiger partial charge is 0.334 e. The minimum atomic E-state index is -3.81. The molecule has 0 saturated carbocycles. The van der Waals surface area contributed by atoms with Gasteiger partial charge in [-0.25, -0.2) is 8.42 Å². The van der Waals surface area contributed by atoms with Crippen LogP contribution < -0.4 is 4.72 Å². The summed E-state index contributed by atoms with van der Waals surface area (Å²) < 4.78 is 33.8. The molecule has 1 aliphatic heterocycles. The molecule has 10 heteroatoms. The van der Waals surface area contributed by atoms with Gasteiger partial charge in [-0.3, -0.25) is 9.52 Å². The summed E-state index contributed by atoms with van der Waals surface area (Å²) >= 11 is 1.05. The highest BCUT2D eigenvalue weighted by atomic mass is 32.2. The van der Waals surface area contributed by atoms with Crippen LogP contribution in [0.5, 0.6) is 0 Å². The van der Waals surface area contributed by atoms with E-state index < -0.39 is 10.0 Å². The maximum atomic E-state index is 13.0. The van der Waals surface area contributed by atoms with Crippen molar-refractivity contribution in [2.45, 2.75) is 17.1 Å². The van der Waals surface area contributed by atoms with Gasteiger partial charge in [0.15, 0.2) is 0 Å². The molecule has 0 bridgehead atoms. The Morgan fingerprint density at radius 2 is 1.87 bits per heavy atom. The average molecular weight is 455 g/mol. The third-order valence-electron chi connectivity index (χ3n) is 5.13. The maximum absolute atomic E-state index is 13.0. The molecule has 0 atom stereocenters. The van der Waals surface area contributed by atoms with Crippen molar-refractivity contribution >= 4 is 43.7 Å². The molecular formula is C21H18N4O4S2. The van der Waals surface area contributed by atoms with E-state index in [0.717, 1.165) is 35.0 Å². The molecule has 1 fully saturated rings. The molecule has 0 spiro atoms. The Labute approximate surface area is 182 Å². The van der Waals surface area contributed by atoms with Crippen LogP contribution in [0.3, 0.4) is 0 Å². The third kappa shape index (κ3) is 3.79. The lowest BCUT2D eigenvalue weighted by molar-refractivity contribution is 0.0743. The number of rotatable bonds is 5. The first kappa shape index (κ1) is 19.7. The number of nitrogens with zero attached hydrogens (tertiary/aromatic N) is 3. The quantitative estimate of drug-likeness (QED) is 0.489. The molecule has 3 heterocycles. The number of fused-ring (bicyclic) bond motifs is 1. The zero-order valence-corrected chi connectivity index (χ0v) is 17.9. The summed E-state index contributed by atoms with van der Waals surface area (Å²) in [5, 5.41) is 7.24. The van der Waals surface area contributed by atoms with Gasteiger partial charge in [0, 0.05) is 29.4 Å². The molecule has 1 amide bonds. The van der Waals surface area contributed by atoms with Crippen LogP contribution in [0.25, 0.3) is 22.2 Å². The van der Waals surface area contributed by atoms with Gasteiger partial charge in [-0.1, -0.05) is 41.6 Å². The number of aromatic nitrogens is 2. The lowest BCUT2D eigenvalue weighted by atomic mass is 10.1. The lowest BCUT2D eigenvalue weighted by Crippen LogP contribution is -2.27. The smallest absolute Gasteiger partial charge is 0.316 e. The summed E-state index contributed by atoms with van der Waals surface area (Å²) in [6, 6.07) is 14.5. The topological polar surface area (TPSA) is 105 Å². The fraction of sp³-hybridized carbons (Fsp3) is 0.190. The van der Waals surface area contributed by atoms with Crippen LogP contribution in [0.2, 0.25) is 0 Å². The van der Waals surface area contributed by atoms with Crippen molar-refractivity contribution in [3.63, 3.8) is 0 Å². The Morgan fingerprint density at radius 1 is 1.10 bits per heavy atom. The Morgan fingerprint density at radius 3 is 2.71 bits per heavy atom. The second kappa shape index (κ2) is 7.78. The molecule has 1 aliphatic rings. The summed E-state index contributed by atoms with van der Waals surface area (Å²) in [6.45, 7) is 1.36. The highest BCUT2D eigenvalue weighted by molar-refractivity contribution is 7.94. The van der Waals surface area contributed by atoms with Crippen LogP contribution in [0, 0.1) is 0 Å². The highest BCUT2D eigenvalue weighted by Gasteiger charge is 2.26. The number of hydrogen-bond donors (Lipinski definition) is 1. The van der Waals surface area contributed by atoms with Crippen LogP contribution >= 0.6 is 11.3 Å². The van der Waals surface area contributed by atoms with Gasteiger partial charge in [-0.05, 0) is 30.4 Å². The van der Waals surface area contributed by atoms with Crippen molar-refractivity contribution in [1.82, 2.24) is 15.0 Å². The van der Waals surface area contributed by atoms with E-state index in [2.05, 4.69) is 14.9 Å². The van der Waals surface area contributed by atoms with E-state index in [1.165, 1.54) is 6.07 Å². The number of nitrogens with one attached hydrogen (secondary N) is 1. The number of hydrogen-bond acceptors (Lipinski definition) is 7. The van der Waals surface area contributed by atoms with Crippen molar-refractivity contribution in [3.8, 4) is 11.4 Å². The van der Waals surface area contributed by atoms with Crippen LogP contribution in [0.4, 0.5) is 5.69 Å². The van der Waals surface area contributed by atoms with Crippen molar-refractivity contribution in [2.24, 2.45) is 0 Å². The van der Waals surface area contributed by atoms with Crippen molar-refractivity contribution in [2.75, 3.05) is 17.8 Å². The summed E-state index contributed by atoms with van der Waals surface area (Å²) in [5.41, 5.74) is 0.985. The first-order valence-electron chi connectivity index (χ1n) is 9.74. The van der Waals surface area contributed by atoms with Crippen LogP contribution in [-0.4, -0.2) is 42.5 Å². The number of thiophene rings is 1. The zero-order chi connectivity index (χ0) is 21.4. The molecule has 0 radical (unpaired) electrons. The predicted molar refractivity (Wildman–Crippen MR) is 118 cm³/mol. The standard InChI is InChI=1S/C21H18N4O4S2/c26-21(25-10-3-4-11-25)20-22-19(23-29-20)15-12-18(30-13-15)31(27,28)24-17-9-5-7-14-6-1-2-8-16(14)17/h1-2,5-9,12-13,24H,3-4,10-11H2. The molecule has 5 rings (SSSR count). The molecule has 2 aromatic carbocycles. The van der Waals surface area contributed by atoms with Gasteiger partial charge in [0.05, 0.1) is 5.69 Å². The monoisotopic (exact) mass is 454 g/mol. The van der Waals surface area contributed by atoms with Crippen molar-refractivity contribution < 1.29 is 17.7 Å². The van der Waals surface area contributed by atoms with Gasteiger partial charge < -0.3 is 9.42 Å². The Balaban J connectivity index is 1.39. The maximum Gasteiger partial charge on any atom is 0.316 e. The van der Waals surface area contributed by atoms with Crippen LogP contribution in [0.15, 0.2) is 62.6 Å². The van der Waals surface area contributed by atoms with Gasteiger partial charge in [-0.15, -0.1) is 11.3 Å². The Hall–Kier alpha value is -3.24. The molecule has 2 aromatic heterocycles. The number of benzene rings is 2. The van der Waals surface area contributed by atoms with E-state index in [4.69, 9.17) is 4.52 Å². The van der Waals surface area contributed by atoms with E-state index in [1.54, 1.807) is 22.4 Å². The lowest BCUT2D eigenvalue weighted by Gasteiger charge is -2.10. The summed E-state index contributed by atoms with van der Waals surface area (Å²) in [6.07, 6.45) is 1.92. The molecular weight excluding hydrogens is 436 g/mol. The van der Waals surface area contributed by atoms with Gasteiger partial charge in [0.2, 0.25) is 5.82 Å². The molecule has 31 heavy (non-hydrogen) atoms. The molecule has 1 saturated heterocycles. The highest BCUT2D eigenvalue weighted by Crippen LogP contribution is 2.30. The second-order valence-corrected chi connectivity index (χ2v) is 10.0. The zero-order valence-electron chi connectivity index (χ0n) is 16.3. The second-order valence-electron chi connectivity index (χ2n) is 7.21. The summed E-state index contributed by atoms with van der Waals surface area (Å²) in [7, 11) is -3.81. The predicted octanol–water partition coefficient (Wildman–Crippen LogP) is 3.99. The minimum Gasteiger partial charge on any atom is -0.334 e. The summed E-state index contributed by atoms with van der Waals surface area (Å²) in [4.78, 5) is 18.2. The number of carbonyl (C=O) groups excluding carboxylic acids is 1. The van der Waals surface area contributed by atoms with Gasteiger partial charge >= 0.3 is 11.8 Å². The van der Waals surface area contributed by atoms with Gasteiger partial charge in [0.25, 0.3) is 10.0 Å². The molecule has 0 aliphatic carbocycles. The van der Waals surface area contributed by atoms with Crippen LogP contribution in [0.1, 0.15) is 23.5 Å². The minimum absolute atomic E-state index is 0.0820. The normalized spacial score (nSPS) is 14.3. The first-order valence-corrected chi connectivity index (χ1v) is 12.1. The molecule has 8 nitrogen and oxygen atoms in total. The third-order valence-corrected chi connectivity index (χ3v) is 7.94. The van der Waals surface area contributed by atoms with Crippen molar-refractivity contribution in [1.29, 1.82) is 0 Å². The molecule has 1 N–H and O–H groups in total. The van der Waals surface area contributed by atoms with E-state index in [-0.39, 0.29) is 21.8 Å². The van der Waals surface area contributed by atoms with Crippen molar-refractivity contribution in [3.05, 3.63) is 59.8 Å². The van der Waals surface area contributed by atoms with E-state index in [1.807, 2.05) is 30.3 Å². The number of sulfonamides is 1. The first-order chi connectivity index (χ1) is 15.0. The SMILES string of the molecule is O=C(c1nc(-c2csc(S(=O)(=O)Nc3cccc4ccccc34)c2)no1)N1CCCC1. The van der Waals surface area contributed by atoms with Gasteiger partial charge in [0.1, 0.15) is 4.21 Å². The average Bonchev–Trinajstić information content (AvgIpc) is 3.55. The molecule has 4 aromatic rings. The Kier molecular flexibility index (Phi) is 4.95. The number of carbonyl (C=O) groups is 1. The molecule has 158 valence electrons. The van der Waals surface area contributed by atoms with E-state index >= 15 is 0 Å². The van der Waals surface area contributed by atoms with E-state index in [0.29, 0.717) is 24.3 Å². The van der Waals surface area contributed by atoms with Crippen LogP contribution in [-0.2, 0) is 10.0 Å². The Bertz CT molecular complexity index is 1370. The molecule has 0 unspecified atom stereocenters. The number of anilines is 1. The number of amides is 1. The fourth-order valence-electron chi connectivity index (χ4n) is 3.57. The van der Waals surface area contributed by atoms with Gasteiger partial charge in [-0.2, -0.15) is 4.98 Å². The number of likely N-dealkylation sites (tertiary alicyclic amines) is 1. The fourth-order valence-corrected chi connectivity index (χ4v) is 5.81. The summed E-state index contributed by atoms with van der Waals surface area (Å²) in [5.74, 6) is -0.191.